The summed E-state index contributed by atoms with van der Waals surface area (Å²) in [6, 6.07) is 10.5. The number of ether oxygens (including phenoxy) is 2. The Balaban J connectivity index is 1.41. The van der Waals surface area contributed by atoms with Crippen LogP contribution in [-0.4, -0.2) is 42.3 Å². The van der Waals surface area contributed by atoms with Crippen LogP contribution in [0.2, 0.25) is 0 Å². The Kier molecular flexibility index (Phi) is 3.64. The van der Waals surface area contributed by atoms with E-state index in [1.807, 2.05) is 0 Å². The lowest BCUT2D eigenvalue weighted by Crippen LogP contribution is -2.57. The Morgan fingerprint density at radius 3 is 2.20 bits per heavy atom. The van der Waals surface area contributed by atoms with Gasteiger partial charge in [-0.3, -0.25) is 4.90 Å². The number of hydrogen-bond acceptors (Lipinski definition) is 3. The summed E-state index contributed by atoms with van der Waals surface area (Å²) in [5.41, 5.74) is 0. The number of rotatable bonds is 3. The van der Waals surface area contributed by atoms with Crippen molar-refractivity contribution < 1.29 is 9.47 Å². The summed E-state index contributed by atoms with van der Waals surface area (Å²) >= 11 is 2.33. The van der Waals surface area contributed by atoms with Gasteiger partial charge in [-0.1, -0.05) is 0 Å². The molecule has 0 saturated carbocycles. The van der Waals surface area contributed by atoms with E-state index in [2.05, 4.69) is 51.8 Å². The molecule has 4 rings (SSSR count). The van der Waals surface area contributed by atoms with Gasteiger partial charge in [-0.25, -0.2) is 0 Å². The maximum Gasteiger partial charge on any atom is 0.119 e. The minimum absolute atomic E-state index is 0.393. The standard InChI is InChI=1S/C16H20INO2/c17-11-1-5-15(6-2-11)20-16-7-12-3-4-13(8-16)18(12)14-9-19-10-14/h1-2,5-6,12-14,16H,3-4,7-10H2/t12-,13+,16-. The number of hydrogen-bond donors (Lipinski definition) is 0. The molecule has 3 saturated heterocycles. The first-order valence-corrected chi connectivity index (χ1v) is 8.65. The lowest BCUT2D eigenvalue weighted by molar-refractivity contribution is -0.102. The fourth-order valence-electron chi connectivity index (χ4n) is 3.96. The maximum absolute atomic E-state index is 6.21. The lowest BCUT2D eigenvalue weighted by Gasteiger charge is -2.46. The van der Waals surface area contributed by atoms with Crippen LogP contribution in [0.3, 0.4) is 0 Å². The second-order valence-corrected chi connectivity index (χ2v) is 7.43. The molecule has 2 bridgehead atoms. The van der Waals surface area contributed by atoms with Crippen molar-refractivity contribution in [1.29, 1.82) is 0 Å². The summed E-state index contributed by atoms with van der Waals surface area (Å²) in [6.07, 6.45) is 5.43. The smallest absolute Gasteiger partial charge is 0.119 e. The molecule has 0 aromatic heterocycles. The van der Waals surface area contributed by atoms with E-state index in [0.717, 1.165) is 31.0 Å². The van der Waals surface area contributed by atoms with Gasteiger partial charge in [0.15, 0.2) is 0 Å². The zero-order valence-corrected chi connectivity index (χ0v) is 13.7. The molecule has 0 spiro atoms. The van der Waals surface area contributed by atoms with Crippen molar-refractivity contribution >= 4 is 22.6 Å². The van der Waals surface area contributed by atoms with E-state index in [4.69, 9.17) is 9.47 Å². The van der Waals surface area contributed by atoms with Crippen molar-refractivity contribution in [1.82, 2.24) is 4.90 Å². The molecule has 0 aliphatic carbocycles. The molecule has 0 radical (unpaired) electrons. The van der Waals surface area contributed by atoms with Crippen molar-refractivity contribution in [2.24, 2.45) is 0 Å². The average Bonchev–Trinajstić information content (AvgIpc) is 2.64. The molecule has 3 aliphatic heterocycles. The molecular weight excluding hydrogens is 365 g/mol. The van der Waals surface area contributed by atoms with Crippen LogP contribution in [0.25, 0.3) is 0 Å². The van der Waals surface area contributed by atoms with E-state index in [9.17, 15) is 0 Å². The van der Waals surface area contributed by atoms with E-state index in [1.165, 1.54) is 29.3 Å². The van der Waals surface area contributed by atoms with Crippen molar-refractivity contribution in [3.8, 4) is 5.75 Å². The molecule has 3 fully saturated rings. The molecule has 3 nitrogen and oxygen atoms in total. The SMILES string of the molecule is Ic1ccc(O[C@@H]2C[C@H]3CC[C@@H](C2)N3C2COC2)cc1. The van der Waals surface area contributed by atoms with Gasteiger partial charge in [0.2, 0.25) is 0 Å². The van der Waals surface area contributed by atoms with Crippen LogP contribution in [0.5, 0.6) is 5.75 Å². The summed E-state index contributed by atoms with van der Waals surface area (Å²) < 4.78 is 12.8. The predicted molar refractivity (Wildman–Crippen MR) is 86.1 cm³/mol. The first-order valence-electron chi connectivity index (χ1n) is 7.57. The average molecular weight is 385 g/mol. The zero-order valence-electron chi connectivity index (χ0n) is 11.5. The topological polar surface area (TPSA) is 21.7 Å². The highest BCUT2D eigenvalue weighted by molar-refractivity contribution is 14.1. The van der Waals surface area contributed by atoms with Crippen LogP contribution in [0.4, 0.5) is 0 Å². The molecule has 1 aromatic rings. The Morgan fingerprint density at radius 1 is 1.00 bits per heavy atom. The summed E-state index contributed by atoms with van der Waals surface area (Å²) in [5, 5.41) is 0. The zero-order chi connectivity index (χ0) is 13.5. The van der Waals surface area contributed by atoms with Crippen LogP contribution in [0.15, 0.2) is 24.3 Å². The molecule has 4 heteroatoms. The molecule has 0 amide bonds. The van der Waals surface area contributed by atoms with E-state index in [-0.39, 0.29) is 0 Å². The third-order valence-electron chi connectivity index (χ3n) is 4.90. The van der Waals surface area contributed by atoms with Gasteiger partial charge in [0.05, 0.1) is 19.3 Å². The van der Waals surface area contributed by atoms with Crippen LogP contribution in [-0.2, 0) is 4.74 Å². The van der Waals surface area contributed by atoms with Gasteiger partial charge < -0.3 is 9.47 Å². The Hall–Kier alpha value is -0.330. The van der Waals surface area contributed by atoms with Crippen molar-refractivity contribution in [3.05, 3.63) is 27.8 Å². The molecule has 1 aromatic carbocycles. The van der Waals surface area contributed by atoms with E-state index < -0.39 is 0 Å². The van der Waals surface area contributed by atoms with Crippen LogP contribution >= 0.6 is 22.6 Å². The number of benzene rings is 1. The highest BCUT2D eigenvalue weighted by Crippen LogP contribution is 2.39. The van der Waals surface area contributed by atoms with Crippen molar-refractivity contribution in [2.45, 2.75) is 49.9 Å². The quantitative estimate of drug-likeness (QED) is 0.747. The van der Waals surface area contributed by atoms with Gasteiger partial charge in [0.1, 0.15) is 11.9 Å². The predicted octanol–water partition coefficient (Wildman–Crippen LogP) is 3.06. The molecule has 0 unspecified atom stereocenters. The highest BCUT2D eigenvalue weighted by Gasteiger charge is 2.46. The summed E-state index contributed by atoms with van der Waals surface area (Å²) in [7, 11) is 0. The lowest BCUT2D eigenvalue weighted by atomic mass is 9.96. The summed E-state index contributed by atoms with van der Waals surface area (Å²) in [6.45, 7) is 1.88. The molecule has 3 atom stereocenters. The Bertz CT molecular complexity index is 460. The van der Waals surface area contributed by atoms with Crippen LogP contribution < -0.4 is 4.74 Å². The minimum Gasteiger partial charge on any atom is -0.490 e. The third-order valence-corrected chi connectivity index (χ3v) is 5.62. The van der Waals surface area contributed by atoms with Crippen molar-refractivity contribution in [2.75, 3.05) is 13.2 Å². The van der Waals surface area contributed by atoms with Gasteiger partial charge >= 0.3 is 0 Å². The molecule has 3 aliphatic rings. The monoisotopic (exact) mass is 385 g/mol. The van der Waals surface area contributed by atoms with Crippen molar-refractivity contribution in [3.63, 3.8) is 0 Å². The van der Waals surface area contributed by atoms with Crippen LogP contribution in [0.1, 0.15) is 25.7 Å². The van der Waals surface area contributed by atoms with E-state index in [0.29, 0.717) is 12.1 Å². The maximum atomic E-state index is 6.21. The van der Waals surface area contributed by atoms with E-state index >= 15 is 0 Å². The molecule has 108 valence electrons. The number of fused-ring (bicyclic) bond motifs is 2. The summed E-state index contributed by atoms with van der Waals surface area (Å²) in [4.78, 5) is 2.73. The van der Waals surface area contributed by atoms with E-state index in [1.54, 1.807) is 0 Å². The Labute approximate surface area is 133 Å². The highest BCUT2D eigenvalue weighted by atomic mass is 127. The fourth-order valence-corrected chi connectivity index (χ4v) is 4.32. The first kappa shape index (κ1) is 13.3. The minimum atomic E-state index is 0.393. The second kappa shape index (κ2) is 5.46. The summed E-state index contributed by atoms with van der Waals surface area (Å²) in [5.74, 6) is 1.02. The van der Waals surface area contributed by atoms with Gasteiger partial charge in [0.25, 0.3) is 0 Å². The van der Waals surface area contributed by atoms with Gasteiger partial charge in [-0.2, -0.15) is 0 Å². The molecule has 20 heavy (non-hydrogen) atoms. The second-order valence-electron chi connectivity index (χ2n) is 6.19. The third kappa shape index (κ3) is 2.46. The number of halogens is 1. The Morgan fingerprint density at radius 2 is 1.65 bits per heavy atom. The molecule has 0 N–H and O–H groups in total. The molecular formula is C16H20INO2. The molecule has 3 heterocycles. The number of nitrogens with zero attached hydrogens (tertiary/aromatic N) is 1. The number of piperidine rings is 1. The van der Waals surface area contributed by atoms with Gasteiger partial charge in [0, 0.05) is 15.7 Å². The fraction of sp³-hybridized carbons (Fsp3) is 0.625. The normalized spacial score (nSPS) is 34.0. The van der Waals surface area contributed by atoms with Crippen LogP contribution in [0, 0.1) is 3.57 Å². The van der Waals surface area contributed by atoms with Gasteiger partial charge in [-0.05, 0) is 72.5 Å². The largest absolute Gasteiger partial charge is 0.490 e. The first-order chi connectivity index (χ1) is 9.79. The van der Waals surface area contributed by atoms with Gasteiger partial charge in [-0.15, -0.1) is 0 Å².